The van der Waals surface area contributed by atoms with Gasteiger partial charge in [-0.15, -0.1) is 0 Å². The number of rotatable bonds is 5. The number of carbonyl (C=O) groups excluding carboxylic acids is 2. The summed E-state index contributed by atoms with van der Waals surface area (Å²) in [6, 6.07) is 4.71. The Morgan fingerprint density at radius 2 is 2.07 bits per heavy atom. The highest BCUT2D eigenvalue weighted by molar-refractivity contribution is 7.80. The Morgan fingerprint density at radius 3 is 2.69 bits per heavy atom. The molecule has 1 aromatic carbocycles. The van der Waals surface area contributed by atoms with Gasteiger partial charge in [0.2, 0.25) is 0 Å². The predicted octanol–water partition coefficient (Wildman–Crippen LogP) is 2.37. The van der Waals surface area contributed by atoms with Gasteiger partial charge in [-0.1, -0.05) is 12.2 Å². The van der Waals surface area contributed by atoms with E-state index in [0.29, 0.717) is 62.2 Å². The number of cyclic esters (lactones) is 1. The molecule has 0 aliphatic carbocycles. The van der Waals surface area contributed by atoms with Gasteiger partial charge in [0.1, 0.15) is 11.9 Å². The second-order valence-corrected chi connectivity index (χ2v) is 7.47. The van der Waals surface area contributed by atoms with Crippen LogP contribution in [0.2, 0.25) is 0 Å². The lowest BCUT2D eigenvalue weighted by Gasteiger charge is -2.35. The molecule has 2 aliphatic rings. The monoisotopic (exact) mass is 424 g/mol. The van der Waals surface area contributed by atoms with Crippen LogP contribution < -0.4 is 15.1 Å². The molecular formula is C19H25FN4O4S. The maximum absolute atomic E-state index is 14.8. The highest BCUT2D eigenvalue weighted by atomic mass is 32.1. The number of hydrogen-bond donors (Lipinski definition) is 1. The molecule has 1 aromatic rings. The minimum atomic E-state index is -0.506. The molecule has 0 saturated carbocycles. The zero-order valence-electron chi connectivity index (χ0n) is 16.5. The fourth-order valence-corrected chi connectivity index (χ4v) is 3.44. The topological polar surface area (TPSA) is 74.3 Å². The Bertz CT molecular complexity index is 785. The number of anilines is 2. The Labute approximate surface area is 174 Å². The predicted molar refractivity (Wildman–Crippen MR) is 111 cm³/mol. The van der Waals surface area contributed by atoms with Crippen LogP contribution in [-0.2, 0) is 9.47 Å². The van der Waals surface area contributed by atoms with Gasteiger partial charge in [-0.05, 0) is 32.0 Å². The number of hydrogen-bond acceptors (Lipinski definition) is 6. The average molecular weight is 424 g/mol. The minimum absolute atomic E-state index is 0.325. The molecule has 0 spiro atoms. The molecule has 2 fully saturated rings. The molecule has 2 amide bonds. The molecule has 2 saturated heterocycles. The van der Waals surface area contributed by atoms with Gasteiger partial charge in [-0.25, -0.2) is 14.0 Å². The number of nitrogens with zero attached hydrogens (tertiary/aromatic N) is 3. The number of piperazine rings is 1. The molecule has 1 atom stereocenters. The summed E-state index contributed by atoms with van der Waals surface area (Å²) in [4.78, 5) is 29.5. The van der Waals surface area contributed by atoms with Crippen LogP contribution in [0.1, 0.15) is 13.8 Å². The van der Waals surface area contributed by atoms with Crippen molar-refractivity contribution in [3.05, 3.63) is 24.0 Å². The molecule has 158 valence electrons. The van der Waals surface area contributed by atoms with Crippen molar-refractivity contribution in [1.29, 1.82) is 0 Å². The normalized spacial score (nSPS) is 19.2. The molecule has 0 radical (unpaired) electrons. The Balaban J connectivity index is 1.62. The van der Waals surface area contributed by atoms with E-state index in [0.717, 1.165) is 0 Å². The molecule has 29 heavy (non-hydrogen) atoms. The van der Waals surface area contributed by atoms with Crippen molar-refractivity contribution in [2.24, 2.45) is 0 Å². The lowest BCUT2D eigenvalue weighted by Crippen LogP contribution is -2.49. The third kappa shape index (κ3) is 5.06. The average Bonchev–Trinajstić information content (AvgIpc) is 3.07. The van der Waals surface area contributed by atoms with E-state index in [9.17, 15) is 14.0 Å². The lowest BCUT2D eigenvalue weighted by atomic mass is 10.2. The van der Waals surface area contributed by atoms with E-state index < -0.39 is 11.9 Å². The number of nitrogens with one attached hydrogen (secondary N) is 1. The Morgan fingerprint density at radius 1 is 1.34 bits per heavy atom. The van der Waals surface area contributed by atoms with E-state index in [4.69, 9.17) is 21.7 Å². The zero-order valence-corrected chi connectivity index (χ0v) is 17.3. The first kappa shape index (κ1) is 21.1. The molecule has 10 heteroatoms. The van der Waals surface area contributed by atoms with Crippen LogP contribution in [0.4, 0.5) is 25.4 Å². The molecule has 0 bridgehead atoms. The maximum atomic E-state index is 14.8. The number of thiocarbonyl (C=S) groups is 1. The smallest absolute Gasteiger partial charge is 0.414 e. The molecule has 2 heterocycles. The first-order valence-corrected chi connectivity index (χ1v) is 9.98. The van der Waals surface area contributed by atoms with E-state index in [2.05, 4.69) is 5.32 Å². The van der Waals surface area contributed by atoms with E-state index in [-0.39, 0.29) is 12.2 Å². The van der Waals surface area contributed by atoms with Gasteiger partial charge >= 0.3 is 12.2 Å². The van der Waals surface area contributed by atoms with Crippen LogP contribution in [0.15, 0.2) is 18.2 Å². The second-order valence-electron chi connectivity index (χ2n) is 6.86. The third-order valence-corrected chi connectivity index (χ3v) is 4.99. The highest BCUT2D eigenvalue weighted by Crippen LogP contribution is 2.28. The first-order chi connectivity index (χ1) is 13.9. The number of halogens is 1. The van der Waals surface area contributed by atoms with Gasteiger partial charge in [0.25, 0.3) is 0 Å². The van der Waals surface area contributed by atoms with E-state index >= 15 is 0 Å². The van der Waals surface area contributed by atoms with Crippen molar-refractivity contribution in [1.82, 2.24) is 10.2 Å². The SMILES string of the molecule is CCOC(=O)N1CCN(c2ccc(N3CC(CNC(C)=S)OC3=O)cc2F)CC1. The number of benzene rings is 1. The number of ether oxygens (including phenoxy) is 2. The van der Waals surface area contributed by atoms with Gasteiger partial charge in [0.05, 0.1) is 36.1 Å². The van der Waals surface area contributed by atoms with Crippen molar-refractivity contribution >= 4 is 40.8 Å². The second kappa shape index (κ2) is 9.25. The van der Waals surface area contributed by atoms with E-state index in [1.807, 2.05) is 4.90 Å². The largest absolute Gasteiger partial charge is 0.450 e. The summed E-state index contributed by atoms with van der Waals surface area (Å²) >= 11 is 4.96. The Hall–Kier alpha value is -2.62. The number of carbonyl (C=O) groups is 2. The molecular weight excluding hydrogens is 399 g/mol. The quantitative estimate of drug-likeness (QED) is 0.728. The molecule has 1 N–H and O–H groups in total. The Kier molecular flexibility index (Phi) is 6.73. The summed E-state index contributed by atoms with van der Waals surface area (Å²) in [6.07, 6.45) is -1.20. The first-order valence-electron chi connectivity index (χ1n) is 9.57. The summed E-state index contributed by atoms with van der Waals surface area (Å²) in [7, 11) is 0. The third-order valence-electron chi connectivity index (χ3n) is 4.84. The molecule has 1 unspecified atom stereocenters. The summed E-state index contributed by atoms with van der Waals surface area (Å²) < 4.78 is 25.1. The lowest BCUT2D eigenvalue weighted by molar-refractivity contribution is 0.105. The van der Waals surface area contributed by atoms with E-state index in [1.165, 1.54) is 11.0 Å². The molecule has 0 aromatic heterocycles. The van der Waals surface area contributed by atoms with Crippen LogP contribution >= 0.6 is 12.2 Å². The summed E-state index contributed by atoms with van der Waals surface area (Å²) in [5, 5.41) is 2.97. The van der Waals surface area contributed by atoms with Crippen LogP contribution in [0.3, 0.4) is 0 Å². The van der Waals surface area contributed by atoms with Crippen LogP contribution in [0.25, 0.3) is 0 Å². The fourth-order valence-electron chi connectivity index (χ4n) is 3.36. The maximum Gasteiger partial charge on any atom is 0.414 e. The summed E-state index contributed by atoms with van der Waals surface area (Å²) in [5.74, 6) is -0.420. The zero-order chi connectivity index (χ0) is 21.0. The van der Waals surface area contributed by atoms with Crippen molar-refractivity contribution < 1.29 is 23.5 Å². The highest BCUT2D eigenvalue weighted by Gasteiger charge is 2.33. The summed E-state index contributed by atoms with van der Waals surface area (Å²) in [5.41, 5.74) is 0.891. The van der Waals surface area contributed by atoms with Crippen LogP contribution in [0.5, 0.6) is 0 Å². The molecule has 3 rings (SSSR count). The van der Waals surface area contributed by atoms with Crippen molar-refractivity contribution in [2.75, 3.05) is 55.7 Å². The van der Waals surface area contributed by atoms with Crippen LogP contribution in [0, 0.1) is 5.82 Å². The van der Waals surface area contributed by atoms with Crippen LogP contribution in [-0.4, -0.2) is 74.1 Å². The standard InChI is InChI=1S/C19H25FN4O4S/c1-3-27-18(25)23-8-6-22(7-9-23)17-5-4-14(10-16(17)20)24-12-15(28-19(24)26)11-21-13(2)29/h4-5,10,15H,3,6-9,11-12H2,1-2H3,(H,21,29). The minimum Gasteiger partial charge on any atom is -0.450 e. The molecule has 2 aliphatic heterocycles. The van der Waals surface area contributed by atoms with Gasteiger partial charge in [-0.2, -0.15) is 0 Å². The van der Waals surface area contributed by atoms with Crippen molar-refractivity contribution in [3.8, 4) is 0 Å². The fraction of sp³-hybridized carbons (Fsp3) is 0.526. The van der Waals surface area contributed by atoms with E-state index in [1.54, 1.807) is 30.9 Å². The van der Waals surface area contributed by atoms with Gasteiger partial charge in [0, 0.05) is 26.2 Å². The van der Waals surface area contributed by atoms with Gasteiger partial charge < -0.3 is 24.6 Å². The number of amides is 2. The summed E-state index contributed by atoms with van der Waals surface area (Å²) in [6.45, 7) is 6.53. The van der Waals surface area contributed by atoms with Gasteiger partial charge in [0.15, 0.2) is 0 Å². The van der Waals surface area contributed by atoms with Gasteiger partial charge in [-0.3, -0.25) is 4.90 Å². The molecule has 8 nitrogen and oxygen atoms in total. The van der Waals surface area contributed by atoms with Crippen molar-refractivity contribution in [3.63, 3.8) is 0 Å². The van der Waals surface area contributed by atoms with Crippen molar-refractivity contribution in [2.45, 2.75) is 20.0 Å².